The molecule has 2 heterocycles. The average Bonchev–Trinajstić information content (AvgIpc) is 3.21. The largest absolute Gasteiger partial charge is 0.497 e. The number of ether oxygens (including phenoxy) is 2. The van der Waals surface area contributed by atoms with E-state index < -0.39 is 17.5 Å². The van der Waals surface area contributed by atoms with Gasteiger partial charge < -0.3 is 9.47 Å². The lowest BCUT2D eigenvalue weighted by Crippen LogP contribution is -2.31. The lowest BCUT2D eigenvalue weighted by molar-refractivity contribution is 0.0981. The highest BCUT2D eigenvalue weighted by molar-refractivity contribution is 7.22. The minimum atomic E-state index is -0.790. The van der Waals surface area contributed by atoms with Gasteiger partial charge in [0.05, 0.1) is 36.7 Å². The first-order chi connectivity index (χ1) is 15.0. The standard InChI is InChI=1S/C22H17F2N3O3S/c1-29-15-6-7-18(30-2)16(11-15)21(28)27(12-14-5-3-4-8-25-14)22-26-20-17(24)9-13(23)10-19(20)31-22/h3-11H,12H2,1-2H3. The number of nitrogens with zero attached hydrogens (tertiary/aromatic N) is 3. The van der Waals surface area contributed by atoms with Gasteiger partial charge in [-0.05, 0) is 36.4 Å². The fourth-order valence-corrected chi connectivity index (χ4v) is 4.07. The summed E-state index contributed by atoms with van der Waals surface area (Å²) in [6.07, 6.45) is 1.61. The summed E-state index contributed by atoms with van der Waals surface area (Å²) in [7, 11) is 2.95. The van der Waals surface area contributed by atoms with Crippen LogP contribution in [0, 0.1) is 11.6 Å². The predicted molar refractivity (Wildman–Crippen MR) is 114 cm³/mol. The molecule has 0 saturated heterocycles. The molecule has 0 bridgehead atoms. The second-order valence-corrected chi connectivity index (χ2v) is 7.52. The van der Waals surface area contributed by atoms with E-state index in [0.717, 1.165) is 17.4 Å². The summed E-state index contributed by atoms with van der Waals surface area (Å²) in [5.41, 5.74) is 0.838. The first kappa shape index (κ1) is 20.7. The van der Waals surface area contributed by atoms with E-state index in [1.54, 1.807) is 42.6 Å². The number of fused-ring (bicyclic) bond motifs is 1. The van der Waals surface area contributed by atoms with Gasteiger partial charge in [0.2, 0.25) is 0 Å². The number of rotatable bonds is 6. The highest BCUT2D eigenvalue weighted by Crippen LogP contribution is 2.34. The van der Waals surface area contributed by atoms with Crippen LogP contribution >= 0.6 is 11.3 Å². The number of halogens is 2. The van der Waals surface area contributed by atoms with E-state index in [4.69, 9.17) is 9.47 Å². The van der Waals surface area contributed by atoms with E-state index in [2.05, 4.69) is 9.97 Å². The lowest BCUT2D eigenvalue weighted by atomic mass is 10.1. The highest BCUT2D eigenvalue weighted by Gasteiger charge is 2.26. The second-order valence-electron chi connectivity index (χ2n) is 6.51. The first-order valence-electron chi connectivity index (χ1n) is 9.19. The van der Waals surface area contributed by atoms with E-state index in [1.807, 2.05) is 0 Å². The molecular weight excluding hydrogens is 424 g/mol. The van der Waals surface area contributed by atoms with Gasteiger partial charge in [0.15, 0.2) is 10.9 Å². The molecule has 0 unspecified atom stereocenters. The van der Waals surface area contributed by atoms with Crippen LogP contribution in [-0.2, 0) is 6.54 Å². The fraction of sp³-hybridized carbons (Fsp3) is 0.136. The molecule has 0 N–H and O–H groups in total. The van der Waals surface area contributed by atoms with Gasteiger partial charge in [-0.25, -0.2) is 13.8 Å². The minimum absolute atomic E-state index is 0.00201. The lowest BCUT2D eigenvalue weighted by Gasteiger charge is -2.21. The van der Waals surface area contributed by atoms with E-state index >= 15 is 0 Å². The Labute approximate surface area is 180 Å². The summed E-state index contributed by atoms with van der Waals surface area (Å²) in [4.78, 5) is 23.5. The Morgan fingerprint density at radius 3 is 2.65 bits per heavy atom. The second kappa shape index (κ2) is 8.65. The van der Waals surface area contributed by atoms with Crippen molar-refractivity contribution in [3.63, 3.8) is 0 Å². The highest BCUT2D eigenvalue weighted by atomic mass is 32.1. The van der Waals surface area contributed by atoms with Crippen molar-refractivity contribution in [2.24, 2.45) is 0 Å². The van der Waals surface area contributed by atoms with Crippen LogP contribution in [0.2, 0.25) is 0 Å². The molecule has 0 atom stereocenters. The molecule has 2 aromatic carbocycles. The SMILES string of the molecule is COc1ccc(OC)c(C(=O)N(Cc2ccccn2)c2nc3c(F)cc(F)cc3s2)c1. The average molecular weight is 441 g/mol. The van der Waals surface area contributed by atoms with Gasteiger partial charge in [-0.2, -0.15) is 0 Å². The van der Waals surface area contributed by atoms with Gasteiger partial charge in [-0.1, -0.05) is 17.4 Å². The molecule has 0 spiro atoms. The van der Waals surface area contributed by atoms with Crippen molar-refractivity contribution in [1.29, 1.82) is 0 Å². The smallest absolute Gasteiger partial charge is 0.264 e. The van der Waals surface area contributed by atoms with E-state index in [0.29, 0.717) is 21.9 Å². The zero-order valence-corrected chi connectivity index (χ0v) is 17.5. The maximum atomic E-state index is 14.2. The summed E-state index contributed by atoms with van der Waals surface area (Å²) in [6.45, 7) is 0.0734. The van der Waals surface area contributed by atoms with Crippen molar-refractivity contribution in [3.8, 4) is 11.5 Å². The number of benzene rings is 2. The maximum Gasteiger partial charge on any atom is 0.264 e. The third-order valence-electron chi connectivity index (χ3n) is 4.56. The maximum absolute atomic E-state index is 14.2. The molecule has 0 aliphatic rings. The monoisotopic (exact) mass is 441 g/mol. The van der Waals surface area contributed by atoms with Crippen LogP contribution in [0.1, 0.15) is 16.1 Å². The number of hydrogen-bond donors (Lipinski definition) is 0. The molecule has 4 rings (SSSR count). The normalized spacial score (nSPS) is 10.8. The van der Waals surface area contributed by atoms with Crippen LogP contribution in [0.25, 0.3) is 10.2 Å². The Hall–Kier alpha value is -3.59. The number of pyridine rings is 1. The summed E-state index contributed by atoms with van der Waals surface area (Å²) < 4.78 is 38.8. The molecule has 31 heavy (non-hydrogen) atoms. The quantitative estimate of drug-likeness (QED) is 0.429. The molecule has 0 fully saturated rings. The van der Waals surface area contributed by atoms with Crippen LogP contribution in [-0.4, -0.2) is 30.1 Å². The van der Waals surface area contributed by atoms with Crippen LogP contribution in [0.3, 0.4) is 0 Å². The molecule has 9 heteroatoms. The topological polar surface area (TPSA) is 64.6 Å². The van der Waals surface area contributed by atoms with Gasteiger partial charge in [0, 0.05) is 12.3 Å². The Bertz CT molecular complexity index is 1250. The van der Waals surface area contributed by atoms with Crippen molar-refractivity contribution in [2.75, 3.05) is 19.1 Å². The molecule has 1 amide bonds. The van der Waals surface area contributed by atoms with Crippen LogP contribution in [0.4, 0.5) is 13.9 Å². The Morgan fingerprint density at radius 2 is 1.94 bits per heavy atom. The summed E-state index contributed by atoms with van der Waals surface area (Å²) in [5.74, 6) is -1.13. The van der Waals surface area contributed by atoms with Gasteiger partial charge in [-0.15, -0.1) is 0 Å². The van der Waals surface area contributed by atoms with Crippen molar-refractivity contribution in [3.05, 3.63) is 77.6 Å². The number of carbonyl (C=O) groups excluding carboxylic acids is 1. The third-order valence-corrected chi connectivity index (χ3v) is 5.59. The van der Waals surface area contributed by atoms with Crippen molar-refractivity contribution in [2.45, 2.75) is 6.54 Å². The number of methoxy groups -OCH3 is 2. The minimum Gasteiger partial charge on any atom is -0.497 e. The number of thiazole rings is 1. The molecule has 2 aromatic heterocycles. The Kier molecular flexibility index (Phi) is 5.77. The number of carbonyl (C=O) groups is 1. The fourth-order valence-electron chi connectivity index (χ4n) is 3.07. The summed E-state index contributed by atoms with van der Waals surface area (Å²) in [6, 6.07) is 12.1. The van der Waals surface area contributed by atoms with Gasteiger partial charge in [-0.3, -0.25) is 14.7 Å². The van der Waals surface area contributed by atoms with Gasteiger partial charge >= 0.3 is 0 Å². The molecule has 158 valence electrons. The van der Waals surface area contributed by atoms with Crippen LogP contribution in [0.15, 0.2) is 54.7 Å². The van der Waals surface area contributed by atoms with Crippen molar-refractivity contribution < 1.29 is 23.0 Å². The van der Waals surface area contributed by atoms with E-state index in [9.17, 15) is 13.6 Å². The third kappa shape index (κ3) is 4.17. The number of aromatic nitrogens is 2. The van der Waals surface area contributed by atoms with Crippen LogP contribution < -0.4 is 14.4 Å². The zero-order chi connectivity index (χ0) is 22.0. The molecule has 0 radical (unpaired) electrons. The van der Waals surface area contributed by atoms with E-state index in [1.165, 1.54) is 25.2 Å². The van der Waals surface area contributed by atoms with Crippen molar-refractivity contribution >= 4 is 32.6 Å². The molecule has 0 saturated carbocycles. The molecule has 6 nitrogen and oxygen atoms in total. The van der Waals surface area contributed by atoms with E-state index in [-0.39, 0.29) is 22.8 Å². The van der Waals surface area contributed by atoms with Gasteiger partial charge in [0.25, 0.3) is 5.91 Å². The molecule has 4 aromatic rings. The first-order valence-corrected chi connectivity index (χ1v) is 10.0. The zero-order valence-electron chi connectivity index (χ0n) is 16.6. The van der Waals surface area contributed by atoms with Crippen LogP contribution in [0.5, 0.6) is 11.5 Å². The van der Waals surface area contributed by atoms with Gasteiger partial charge in [0.1, 0.15) is 22.8 Å². The Morgan fingerprint density at radius 1 is 1.10 bits per heavy atom. The predicted octanol–water partition coefficient (Wildman–Crippen LogP) is 4.83. The van der Waals surface area contributed by atoms with Crippen molar-refractivity contribution in [1.82, 2.24) is 9.97 Å². The summed E-state index contributed by atoms with van der Waals surface area (Å²) in [5, 5.41) is 0.208. The Balaban J connectivity index is 1.84. The number of amides is 1. The molecule has 0 aliphatic carbocycles. The summed E-state index contributed by atoms with van der Waals surface area (Å²) >= 11 is 1.01. The number of anilines is 1. The molecular formula is C22H17F2N3O3S. The number of hydrogen-bond acceptors (Lipinski definition) is 6. The molecule has 0 aliphatic heterocycles.